The molecule has 0 fully saturated rings. The van der Waals surface area contributed by atoms with Gasteiger partial charge in [0, 0.05) is 19.3 Å². The van der Waals surface area contributed by atoms with Gasteiger partial charge in [0.05, 0.1) is 0 Å². The molecule has 0 bridgehead atoms. The van der Waals surface area contributed by atoms with Crippen molar-refractivity contribution in [1.82, 2.24) is 0 Å². The van der Waals surface area contributed by atoms with E-state index in [1.165, 1.54) is 0 Å². The van der Waals surface area contributed by atoms with Crippen LogP contribution < -0.4 is 0 Å². The molecule has 3 nitrogen and oxygen atoms in total. The first-order valence-corrected chi connectivity index (χ1v) is 7.65. The van der Waals surface area contributed by atoms with Gasteiger partial charge in [-0.3, -0.25) is 0 Å². The Hall–Kier alpha value is -1.47. The van der Waals surface area contributed by atoms with E-state index in [0.29, 0.717) is 18.2 Å². The molecule has 0 aromatic carbocycles. The van der Waals surface area contributed by atoms with Gasteiger partial charge in [0.2, 0.25) is 0 Å². The molecule has 0 aliphatic carbocycles. The molecule has 0 radical (unpaired) electrons. The van der Waals surface area contributed by atoms with Crippen molar-refractivity contribution >= 4 is 7.32 Å². The molecular weight excluding hydrogens is 410 g/mol. The summed E-state index contributed by atoms with van der Waals surface area (Å²) in [5.41, 5.74) is 0. The van der Waals surface area contributed by atoms with Gasteiger partial charge in [-0.15, -0.1) is 19.7 Å². The Morgan fingerprint density at radius 1 is 0.607 bits per heavy atom. The van der Waals surface area contributed by atoms with E-state index in [1.807, 2.05) is 0 Å². The van der Waals surface area contributed by atoms with Crippen LogP contribution in [0.15, 0.2) is 38.0 Å². The maximum Gasteiger partial charge on any atom is 0.652 e. The van der Waals surface area contributed by atoms with Crippen LogP contribution in [0.4, 0.5) is 39.5 Å². The van der Waals surface area contributed by atoms with Crippen LogP contribution in [-0.4, -0.2) is 44.2 Å². The van der Waals surface area contributed by atoms with Crippen molar-refractivity contribution in [2.24, 2.45) is 0 Å². The minimum absolute atomic E-state index is 0.658. The average Bonchev–Trinajstić information content (AvgIpc) is 2.54. The second kappa shape index (κ2) is 10.9. The zero-order chi connectivity index (χ0) is 22.2. The van der Waals surface area contributed by atoms with Crippen LogP contribution in [0.5, 0.6) is 0 Å². The Morgan fingerprint density at radius 2 is 0.821 bits per heavy atom. The maximum atomic E-state index is 13.6. The average molecular weight is 428 g/mol. The number of hydrogen-bond acceptors (Lipinski definition) is 3. The van der Waals surface area contributed by atoms with Crippen molar-refractivity contribution < 1.29 is 53.5 Å². The lowest BCUT2D eigenvalue weighted by molar-refractivity contribution is -0.306. The monoisotopic (exact) mass is 428 g/mol. The molecule has 3 atom stereocenters. The molecule has 0 aliphatic rings. The zero-order valence-corrected chi connectivity index (χ0v) is 14.4. The van der Waals surface area contributed by atoms with Gasteiger partial charge in [0.25, 0.3) is 0 Å². The number of rotatable bonds is 15. The van der Waals surface area contributed by atoms with Crippen LogP contribution in [-0.2, 0) is 14.0 Å². The summed E-state index contributed by atoms with van der Waals surface area (Å²) in [6.07, 6.45) is -25.9. The van der Waals surface area contributed by atoms with Crippen LogP contribution in [0.3, 0.4) is 0 Å². The second-order valence-corrected chi connectivity index (χ2v) is 5.30. The molecular formula is C15H18BF9O3. The SMILES string of the molecule is C=CCC(F)C(F)(F)OB(OC(F)(F)C(F)CC=C)OC(F)(F)C(F)CC=C. The Kier molecular flexibility index (Phi) is 10.3. The number of halogens is 9. The minimum Gasteiger partial charge on any atom is -0.324 e. The van der Waals surface area contributed by atoms with E-state index in [2.05, 4.69) is 33.7 Å². The van der Waals surface area contributed by atoms with Crippen LogP contribution in [0.2, 0.25) is 0 Å². The lowest BCUT2D eigenvalue weighted by Gasteiger charge is -2.30. The third-order valence-electron chi connectivity index (χ3n) is 2.97. The fraction of sp³-hybridized carbons (Fsp3) is 0.600. The van der Waals surface area contributed by atoms with E-state index in [9.17, 15) is 39.5 Å². The molecule has 0 rings (SSSR count). The van der Waals surface area contributed by atoms with Crippen molar-refractivity contribution in [1.29, 1.82) is 0 Å². The Bertz CT molecular complexity index is 448. The third-order valence-corrected chi connectivity index (χ3v) is 2.97. The molecule has 0 saturated heterocycles. The van der Waals surface area contributed by atoms with E-state index in [-0.39, 0.29) is 0 Å². The molecule has 162 valence electrons. The van der Waals surface area contributed by atoms with Gasteiger partial charge in [-0.2, -0.15) is 26.3 Å². The topological polar surface area (TPSA) is 27.7 Å². The van der Waals surface area contributed by atoms with Crippen LogP contribution in [0, 0.1) is 0 Å². The van der Waals surface area contributed by atoms with Crippen LogP contribution >= 0.6 is 0 Å². The van der Waals surface area contributed by atoms with Gasteiger partial charge in [-0.05, 0) is 0 Å². The number of alkyl halides is 9. The van der Waals surface area contributed by atoms with E-state index in [1.54, 1.807) is 0 Å². The summed E-state index contributed by atoms with van der Waals surface area (Å²) in [7, 11) is -3.74. The van der Waals surface area contributed by atoms with Crippen molar-refractivity contribution in [2.75, 3.05) is 0 Å². The highest BCUT2D eigenvalue weighted by molar-refractivity contribution is 6.36. The summed E-state index contributed by atoms with van der Waals surface area (Å²) in [5.74, 6) is 0. The minimum atomic E-state index is -5.00. The maximum absolute atomic E-state index is 13.6. The van der Waals surface area contributed by atoms with Gasteiger partial charge < -0.3 is 14.0 Å². The fourth-order valence-corrected chi connectivity index (χ4v) is 1.53. The highest BCUT2D eigenvalue weighted by Crippen LogP contribution is 2.35. The molecule has 0 N–H and O–H groups in total. The Labute approximate surface area is 156 Å². The lowest BCUT2D eigenvalue weighted by Crippen LogP contribution is -2.51. The molecule has 0 aliphatic heterocycles. The largest absolute Gasteiger partial charge is 0.652 e. The van der Waals surface area contributed by atoms with Gasteiger partial charge in [-0.1, -0.05) is 18.2 Å². The van der Waals surface area contributed by atoms with Crippen LogP contribution in [0.1, 0.15) is 19.3 Å². The van der Waals surface area contributed by atoms with Crippen molar-refractivity contribution in [2.45, 2.75) is 56.1 Å². The molecule has 0 heterocycles. The third kappa shape index (κ3) is 8.27. The van der Waals surface area contributed by atoms with E-state index < -0.39 is 63.4 Å². The summed E-state index contributed by atoms with van der Waals surface area (Å²) >= 11 is 0. The predicted molar refractivity (Wildman–Crippen MR) is 83.0 cm³/mol. The Morgan fingerprint density at radius 3 is 1.00 bits per heavy atom. The van der Waals surface area contributed by atoms with Crippen molar-refractivity contribution in [3.63, 3.8) is 0 Å². The summed E-state index contributed by atoms with van der Waals surface area (Å²) in [4.78, 5) is 0. The summed E-state index contributed by atoms with van der Waals surface area (Å²) in [5, 5.41) is 0. The second-order valence-electron chi connectivity index (χ2n) is 5.30. The van der Waals surface area contributed by atoms with Crippen molar-refractivity contribution in [3.8, 4) is 0 Å². The highest BCUT2D eigenvalue weighted by atomic mass is 19.3. The smallest absolute Gasteiger partial charge is 0.324 e. The summed E-state index contributed by atoms with van der Waals surface area (Å²) < 4.78 is 132. The van der Waals surface area contributed by atoms with E-state index in [4.69, 9.17) is 0 Å². The molecule has 28 heavy (non-hydrogen) atoms. The quantitative estimate of drug-likeness (QED) is 0.195. The van der Waals surface area contributed by atoms with Gasteiger partial charge in [0.1, 0.15) is 0 Å². The molecule has 0 aromatic rings. The van der Waals surface area contributed by atoms with Crippen LogP contribution in [0.25, 0.3) is 0 Å². The van der Waals surface area contributed by atoms with Gasteiger partial charge in [-0.25, -0.2) is 13.2 Å². The first kappa shape index (κ1) is 26.5. The molecule has 0 spiro atoms. The van der Waals surface area contributed by atoms with Crippen molar-refractivity contribution in [3.05, 3.63) is 38.0 Å². The normalized spacial score (nSPS) is 16.2. The van der Waals surface area contributed by atoms with Gasteiger partial charge >= 0.3 is 25.6 Å². The summed E-state index contributed by atoms with van der Waals surface area (Å²) in [6, 6.07) is 0. The fourth-order valence-electron chi connectivity index (χ4n) is 1.53. The molecule has 13 heteroatoms. The first-order chi connectivity index (χ1) is 12.7. The van der Waals surface area contributed by atoms with Gasteiger partial charge in [0.15, 0.2) is 18.5 Å². The zero-order valence-electron chi connectivity index (χ0n) is 14.4. The predicted octanol–water partition coefficient (Wildman–Crippen LogP) is 5.54. The molecule has 0 saturated carbocycles. The van der Waals surface area contributed by atoms with E-state index in [0.717, 1.165) is 0 Å². The number of allylic oxidation sites excluding steroid dienone is 3. The molecule has 0 amide bonds. The standard InChI is InChI=1S/C15H18BF9O3/c1-4-7-10(17)13(20,21)26-16(27-14(22,23)11(18)8-5-2)28-15(24,25)12(19)9-6-3/h4-6,10-12H,1-3,7-9H2. The van der Waals surface area contributed by atoms with E-state index >= 15 is 0 Å². The lowest BCUT2D eigenvalue weighted by atomic mass is 10.1. The molecule has 3 unspecified atom stereocenters. The summed E-state index contributed by atoms with van der Waals surface area (Å²) in [6.45, 7) is 8.85. The molecule has 0 aromatic heterocycles. The Balaban J connectivity index is 5.61. The number of hydrogen-bond donors (Lipinski definition) is 0. The first-order valence-electron chi connectivity index (χ1n) is 7.65. The highest BCUT2D eigenvalue weighted by Gasteiger charge is 2.56.